The molecule has 6 heteroatoms. The van der Waals surface area contributed by atoms with Crippen molar-refractivity contribution in [1.29, 1.82) is 0 Å². The molecule has 0 aliphatic heterocycles. The molecule has 0 amide bonds. The third-order valence-corrected chi connectivity index (χ3v) is 3.54. The Hall–Kier alpha value is -1.27. The second-order valence-corrected chi connectivity index (χ2v) is 5.01. The number of allylic oxidation sites excluding steroid dienone is 1. The second-order valence-electron chi connectivity index (χ2n) is 3.31. The molecular weight excluding hydrogens is 248 g/mol. The predicted molar refractivity (Wildman–Crippen MR) is 61.0 cm³/mol. The SMILES string of the molecule is C/C=C/CCNS(=O)(=O)c1c(F)cccc1F. The van der Waals surface area contributed by atoms with Gasteiger partial charge in [-0.15, -0.1) is 0 Å². The van der Waals surface area contributed by atoms with Gasteiger partial charge >= 0.3 is 0 Å². The minimum atomic E-state index is -4.14. The van der Waals surface area contributed by atoms with Gasteiger partial charge in [0.2, 0.25) is 10.0 Å². The van der Waals surface area contributed by atoms with Crippen molar-refractivity contribution in [3.63, 3.8) is 0 Å². The van der Waals surface area contributed by atoms with Gasteiger partial charge in [-0.1, -0.05) is 18.2 Å². The molecule has 3 nitrogen and oxygen atoms in total. The molecule has 0 atom stereocenters. The summed E-state index contributed by atoms with van der Waals surface area (Å²) < 4.78 is 51.9. The molecular formula is C11H13F2NO2S. The van der Waals surface area contributed by atoms with Crippen LogP contribution in [0.5, 0.6) is 0 Å². The van der Waals surface area contributed by atoms with Crippen LogP contribution >= 0.6 is 0 Å². The predicted octanol–water partition coefficient (Wildman–Crippen LogP) is 2.21. The number of hydrogen-bond donors (Lipinski definition) is 1. The topological polar surface area (TPSA) is 46.2 Å². The highest BCUT2D eigenvalue weighted by atomic mass is 32.2. The van der Waals surface area contributed by atoms with Gasteiger partial charge < -0.3 is 0 Å². The van der Waals surface area contributed by atoms with Gasteiger partial charge in [0, 0.05) is 6.54 Å². The zero-order valence-corrected chi connectivity index (χ0v) is 10.1. The van der Waals surface area contributed by atoms with Crippen molar-refractivity contribution in [2.75, 3.05) is 6.54 Å². The zero-order chi connectivity index (χ0) is 12.9. The van der Waals surface area contributed by atoms with E-state index >= 15 is 0 Å². The van der Waals surface area contributed by atoms with E-state index in [0.717, 1.165) is 18.2 Å². The summed E-state index contributed by atoms with van der Waals surface area (Å²) in [5.41, 5.74) is 0. The molecule has 0 bridgehead atoms. The highest BCUT2D eigenvalue weighted by Crippen LogP contribution is 2.17. The minimum absolute atomic E-state index is 0.0977. The second kappa shape index (κ2) is 5.88. The molecule has 0 saturated carbocycles. The van der Waals surface area contributed by atoms with Gasteiger partial charge in [-0.3, -0.25) is 0 Å². The van der Waals surface area contributed by atoms with Gasteiger partial charge in [0.1, 0.15) is 11.6 Å². The largest absolute Gasteiger partial charge is 0.246 e. The lowest BCUT2D eigenvalue weighted by molar-refractivity contribution is 0.514. The summed E-state index contributed by atoms with van der Waals surface area (Å²) in [6.07, 6.45) is 3.98. The van der Waals surface area contributed by atoms with Gasteiger partial charge in [0.05, 0.1) is 0 Å². The van der Waals surface area contributed by atoms with Crippen molar-refractivity contribution in [3.05, 3.63) is 42.0 Å². The van der Waals surface area contributed by atoms with Gasteiger partial charge in [0.25, 0.3) is 0 Å². The van der Waals surface area contributed by atoms with E-state index < -0.39 is 26.6 Å². The van der Waals surface area contributed by atoms with Crippen molar-refractivity contribution in [3.8, 4) is 0 Å². The van der Waals surface area contributed by atoms with E-state index in [1.807, 2.05) is 0 Å². The first-order chi connectivity index (χ1) is 7.99. The molecule has 0 heterocycles. The summed E-state index contributed by atoms with van der Waals surface area (Å²) in [4.78, 5) is -0.930. The monoisotopic (exact) mass is 261 g/mol. The lowest BCUT2D eigenvalue weighted by atomic mass is 10.3. The first kappa shape index (κ1) is 13.8. The number of halogens is 2. The first-order valence-electron chi connectivity index (χ1n) is 5.04. The van der Waals surface area contributed by atoms with E-state index in [1.54, 1.807) is 19.1 Å². The Bertz CT molecular complexity index is 492. The normalized spacial score (nSPS) is 12.2. The molecule has 0 fully saturated rings. The van der Waals surface area contributed by atoms with Gasteiger partial charge in [-0.2, -0.15) is 0 Å². The molecule has 1 N–H and O–H groups in total. The van der Waals surface area contributed by atoms with Crippen LogP contribution < -0.4 is 4.72 Å². The molecule has 94 valence electrons. The smallest absolute Gasteiger partial charge is 0.211 e. The maximum atomic E-state index is 13.2. The fourth-order valence-corrected chi connectivity index (χ4v) is 2.44. The fourth-order valence-electron chi connectivity index (χ4n) is 1.25. The van der Waals surface area contributed by atoms with E-state index in [1.165, 1.54) is 0 Å². The van der Waals surface area contributed by atoms with Gasteiger partial charge in [-0.25, -0.2) is 21.9 Å². The van der Waals surface area contributed by atoms with E-state index in [-0.39, 0.29) is 6.54 Å². The Morgan fingerprint density at radius 1 is 1.29 bits per heavy atom. The Morgan fingerprint density at radius 3 is 2.41 bits per heavy atom. The van der Waals surface area contributed by atoms with Crippen LogP contribution in [-0.4, -0.2) is 15.0 Å². The highest BCUT2D eigenvalue weighted by molar-refractivity contribution is 7.89. The Labute approximate surface area is 99.2 Å². The molecule has 0 radical (unpaired) electrons. The van der Waals surface area contributed by atoms with Crippen LogP contribution in [0.3, 0.4) is 0 Å². The number of sulfonamides is 1. The highest BCUT2D eigenvalue weighted by Gasteiger charge is 2.22. The van der Waals surface area contributed by atoms with Crippen molar-refractivity contribution in [1.82, 2.24) is 4.72 Å². The standard InChI is InChI=1S/C11H13F2NO2S/c1-2-3-4-8-14-17(15,16)11-9(12)6-5-7-10(11)13/h2-3,5-7,14H,4,8H2,1H3/b3-2+. The lowest BCUT2D eigenvalue weighted by Gasteiger charge is -2.07. The third kappa shape index (κ3) is 3.61. The van der Waals surface area contributed by atoms with E-state index in [0.29, 0.717) is 6.42 Å². The molecule has 0 aliphatic rings. The van der Waals surface area contributed by atoms with Crippen LogP contribution in [0.1, 0.15) is 13.3 Å². The molecule has 0 spiro atoms. The van der Waals surface area contributed by atoms with Crippen LogP contribution in [0.15, 0.2) is 35.2 Å². The van der Waals surface area contributed by atoms with Crippen LogP contribution in [0.2, 0.25) is 0 Å². The maximum absolute atomic E-state index is 13.2. The summed E-state index contributed by atoms with van der Waals surface area (Å²) >= 11 is 0. The minimum Gasteiger partial charge on any atom is -0.211 e. The number of rotatable bonds is 5. The maximum Gasteiger partial charge on any atom is 0.246 e. The van der Waals surface area contributed by atoms with Crippen molar-refractivity contribution < 1.29 is 17.2 Å². The number of benzene rings is 1. The lowest BCUT2D eigenvalue weighted by Crippen LogP contribution is -2.26. The van der Waals surface area contributed by atoms with Gasteiger partial charge in [-0.05, 0) is 25.5 Å². The fraction of sp³-hybridized carbons (Fsp3) is 0.273. The van der Waals surface area contributed by atoms with E-state index in [9.17, 15) is 17.2 Å². The first-order valence-corrected chi connectivity index (χ1v) is 6.52. The Balaban J connectivity index is 2.90. The zero-order valence-electron chi connectivity index (χ0n) is 9.28. The van der Waals surface area contributed by atoms with Crippen LogP contribution in [0.4, 0.5) is 8.78 Å². The van der Waals surface area contributed by atoms with E-state index in [4.69, 9.17) is 0 Å². The average Bonchev–Trinajstić information content (AvgIpc) is 2.24. The van der Waals surface area contributed by atoms with Crippen molar-refractivity contribution in [2.24, 2.45) is 0 Å². The van der Waals surface area contributed by atoms with Crippen molar-refractivity contribution in [2.45, 2.75) is 18.2 Å². The molecule has 0 saturated heterocycles. The summed E-state index contributed by atoms with van der Waals surface area (Å²) in [7, 11) is -4.14. The Morgan fingerprint density at radius 2 is 1.88 bits per heavy atom. The van der Waals surface area contributed by atoms with E-state index in [2.05, 4.69) is 4.72 Å². The summed E-state index contributed by atoms with van der Waals surface area (Å²) in [6.45, 7) is 1.89. The molecule has 1 aromatic carbocycles. The number of nitrogens with one attached hydrogen (secondary N) is 1. The van der Waals surface area contributed by atoms with Gasteiger partial charge in [0.15, 0.2) is 4.90 Å². The summed E-state index contributed by atoms with van der Waals surface area (Å²) in [6, 6.07) is 2.93. The molecule has 17 heavy (non-hydrogen) atoms. The Kier molecular flexibility index (Phi) is 4.77. The number of hydrogen-bond acceptors (Lipinski definition) is 2. The third-order valence-electron chi connectivity index (χ3n) is 2.03. The van der Waals surface area contributed by atoms with Crippen LogP contribution in [0, 0.1) is 11.6 Å². The van der Waals surface area contributed by atoms with Crippen LogP contribution in [0.25, 0.3) is 0 Å². The molecule has 1 aromatic rings. The van der Waals surface area contributed by atoms with Crippen molar-refractivity contribution >= 4 is 10.0 Å². The molecule has 0 unspecified atom stereocenters. The van der Waals surface area contributed by atoms with Crippen LogP contribution in [-0.2, 0) is 10.0 Å². The summed E-state index contributed by atoms with van der Waals surface area (Å²) in [5.74, 6) is -2.19. The molecule has 1 rings (SSSR count). The molecule has 0 aromatic heterocycles. The summed E-state index contributed by atoms with van der Waals surface area (Å²) in [5, 5.41) is 0. The quantitative estimate of drug-likeness (QED) is 0.652. The molecule has 0 aliphatic carbocycles. The average molecular weight is 261 g/mol.